The fourth-order valence-corrected chi connectivity index (χ4v) is 1.70. The highest BCUT2D eigenvalue weighted by atomic mass is 16.6. The Balaban J connectivity index is 2.54. The molecule has 21 heavy (non-hydrogen) atoms. The van der Waals surface area contributed by atoms with E-state index in [-0.39, 0.29) is 11.4 Å². The molecule has 1 aromatic heterocycles. The average molecular weight is 289 g/mol. The van der Waals surface area contributed by atoms with Crippen LogP contribution in [0.5, 0.6) is 0 Å². The number of carbonyl (C=O) groups excluding carboxylic acids is 1. The fraction of sp³-hybridized carbons (Fsp3) is 0.154. The predicted molar refractivity (Wildman–Crippen MR) is 72.6 cm³/mol. The third-order valence-corrected chi connectivity index (χ3v) is 2.80. The van der Waals surface area contributed by atoms with Gasteiger partial charge in [0.05, 0.1) is 17.7 Å². The van der Waals surface area contributed by atoms with E-state index in [1.54, 1.807) is 6.92 Å². The normalized spacial score (nSPS) is 10.2. The van der Waals surface area contributed by atoms with Crippen LogP contribution in [0.4, 0.5) is 5.69 Å². The molecular weight excluding hydrogens is 278 g/mol. The summed E-state index contributed by atoms with van der Waals surface area (Å²) in [7, 11) is 1.15. The van der Waals surface area contributed by atoms with E-state index in [1.165, 1.54) is 35.1 Å². The van der Waals surface area contributed by atoms with Crippen molar-refractivity contribution in [2.24, 2.45) is 0 Å². The first kappa shape index (κ1) is 14.4. The second-order valence-corrected chi connectivity index (χ2v) is 4.20. The first-order chi connectivity index (χ1) is 9.93. The number of aryl methyl sites for hydroxylation is 1. The smallest absolute Gasteiger partial charge is 0.362 e. The number of hydrogen-bond donors (Lipinski definition) is 0. The third kappa shape index (κ3) is 2.78. The van der Waals surface area contributed by atoms with E-state index in [4.69, 9.17) is 0 Å². The van der Waals surface area contributed by atoms with Crippen molar-refractivity contribution in [3.63, 3.8) is 0 Å². The van der Waals surface area contributed by atoms with Gasteiger partial charge in [0.15, 0.2) is 0 Å². The zero-order valence-electron chi connectivity index (χ0n) is 11.3. The number of esters is 1. The molecule has 0 bridgehead atoms. The number of nitro groups is 1. The number of rotatable bonds is 3. The molecule has 0 saturated heterocycles. The molecular formula is C13H11N3O5. The van der Waals surface area contributed by atoms with Crippen LogP contribution in [-0.4, -0.2) is 27.8 Å². The number of hydrogen-bond acceptors (Lipinski definition) is 6. The minimum atomic E-state index is -0.834. The van der Waals surface area contributed by atoms with Crippen LogP contribution in [0.2, 0.25) is 0 Å². The van der Waals surface area contributed by atoms with E-state index in [0.717, 1.165) is 7.11 Å². The maximum atomic E-state index is 11.8. The van der Waals surface area contributed by atoms with E-state index in [9.17, 15) is 19.7 Å². The lowest BCUT2D eigenvalue weighted by Crippen LogP contribution is -2.24. The highest BCUT2D eigenvalue weighted by molar-refractivity contribution is 5.87. The molecule has 0 aliphatic heterocycles. The second kappa shape index (κ2) is 5.53. The minimum Gasteiger partial charge on any atom is -0.464 e. The lowest BCUT2D eigenvalue weighted by Gasteiger charge is -2.08. The number of carbonyl (C=O) groups is 1. The van der Waals surface area contributed by atoms with Gasteiger partial charge in [0, 0.05) is 23.9 Å². The SMILES string of the molecule is COC(=O)c1nn(-c2ccc([N+](=O)[O-])cc2)cc(C)c1=O. The summed E-state index contributed by atoms with van der Waals surface area (Å²) in [6.45, 7) is 1.54. The van der Waals surface area contributed by atoms with Crippen LogP contribution in [-0.2, 0) is 4.74 Å². The lowest BCUT2D eigenvalue weighted by molar-refractivity contribution is -0.384. The molecule has 0 radical (unpaired) electrons. The summed E-state index contributed by atoms with van der Waals surface area (Å²) in [5, 5.41) is 14.5. The topological polar surface area (TPSA) is 104 Å². The minimum absolute atomic E-state index is 0.0651. The summed E-state index contributed by atoms with van der Waals surface area (Å²) in [6, 6.07) is 5.55. The third-order valence-electron chi connectivity index (χ3n) is 2.80. The summed E-state index contributed by atoms with van der Waals surface area (Å²) in [5.74, 6) is -0.834. The van der Waals surface area contributed by atoms with Gasteiger partial charge in [-0.25, -0.2) is 9.48 Å². The van der Waals surface area contributed by atoms with E-state index in [2.05, 4.69) is 9.84 Å². The number of methoxy groups -OCH3 is 1. The van der Waals surface area contributed by atoms with Crippen LogP contribution in [0.25, 0.3) is 5.69 Å². The zero-order chi connectivity index (χ0) is 15.6. The predicted octanol–water partition coefficient (Wildman–Crippen LogP) is 1.24. The van der Waals surface area contributed by atoms with Gasteiger partial charge in [0.1, 0.15) is 0 Å². The van der Waals surface area contributed by atoms with Gasteiger partial charge < -0.3 is 4.74 Å². The first-order valence-electron chi connectivity index (χ1n) is 5.87. The maximum absolute atomic E-state index is 11.8. The quantitative estimate of drug-likeness (QED) is 0.478. The molecule has 2 rings (SSSR count). The highest BCUT2D eigenvalue weighted by Crippen LogP contribution is 2.14. The Labute approximate surface area is 118 Å². The van der Waals surface area contributed by atoms with E-state index < -0.39 is 16.3 Å². The number of benzene rings is 1. The van der Waals surface area contributed by atoms with Crippen LogP contribution in [0, 0.1) is 17.0 Å². The van der Waals surface area contributed by atoms with Crippen LogP contribution < -0.4 is 5.43 Å². The van der Waals surface area contributed by atoms with E-state index in [1.807, 2.05) is 0 Å². The van der Waals surface area contributed by atoms with Crippen molar-refractivity contribution in [3.05, 3.63) is 62.1 Å². The zero-order valence-corrected chi connectivity index (χ0v) is 11.3. The van der Waals surface area contributed by atoms with E-state index in [0.29, 0.717) is 11.3 Å². The van der Waals surface area contributed by atoms with Crippen molar-refractivity contribution in [1.82, 2.24) is 9.78 Å². The average Bonchev–Trinajstić information content (AvgIpc) is 2.49. The van der Waals surface area contributed by atoms with Gasteiger partial charge >= 0.3 is 5.97 Å². The molecule has 0 amide bonds. The number of nitrogens with zero attached hydrogens (tertiary/aromatic N) is 3. The van der Waals surface area contributed by atoms with Gasteiger partial charge in [-0.2, -0.15) is 5.10 Å². The van der Waals surface area contributed by atoms with Crippen molar-refractivity contribution < 1.29 is 14.5 Å². The first-order valence-corrected chi connectivity index (χ1v) is 5.87. The molecule has 8 heteroatoms. The monoisotopic (exact) mass is 289 g/mol. The lowest BCUT2D eigenvalue weighted by atomic mass is 10.2. The van der Waals surface area contributed by atoms with Gasteiger partial charge in [-0.1, -0.05) is 0 Å². The molecule has 0 atom stereocenters. The molecule has 108 valence electrons. The summed E-state index contributed by atoms with van der Waals surface area (Å²) in [5.41, 5.74) is -0.127. The van der Waals surface area contributed by atoms with Crippen molar-refractivity contribution in [1.29, 1.82) is 0 Å². The molecule has 0 N–H and O–H groups in total. The van der Waals surface area contributed by atoms with Crippen LogP contribution in [0.3, 0.4) is 0 Å². The Hall–Kier alpha value is -3.03. The Morgan fingerprint density at radius 3 is 2.48 bits per heavy atom. The standard InChI is InChI=1S/C13H11N3O5/c1-8-7-15(14-11(12(8)17)13(18)21-2)9-3-5-10(6-4-9)16(19)20/h3-7H,1-2H3. The maximum Gasteiger partial charge on any atom is 0.362 e. The Morgan fingerprint density at radius 2 is 1.95 bits per heavy atom. The molecule has 0 aliphatic carbocycles. The van der Waals surface area contributed by atoms with Crippen LogP contribution in [0.1, 0.15) is 16.1 Å². The van der Waals surface area contributed by atoms with Crippen molar-refractivity contribution in [2.75, 3.05) is 7.11 Å². The molecule has 0 unspecified atom stereocenters. The molecule has 1 aromatic carbocycles. The molecule has 0 saturated carbocycles. The molecule has 0 aliphatic rings. The van der Waals surface area contributed by atoms with Crippen molar-refractivity contribution in [2.45, 2.75) is 6.92 Å². The van der Waals surface area contributed by atoms with Gasteiger partial charge in [0.2, 0.25) is 11.1 Å². The highest BCUT2D eigenvalue weighted by Gasteiger charge is 2.16. The number of non-ortho nitro benzene ring substituents is 1. The van der Waals surface area contributed by atoms with Gasteiger partial charge in [-0.3, -0.25) is 14.9 Å². The van der Waals surface area contributed by atoms with Crippen molar-refractivity contribution in [3.8, 4) is 5.69 Å². The molecule has 0 fully saturated rings. The van der Waals surface area contributed by atoms with Gasteiger partial charge in [-0.05, 0) is 19.1 Å². The molecule has 0 spiro atoms. The summed E-state index contributed by atoms with van der Waals surface area (Å²) < 4.78 is 5.81. The summed E-state index contributed by atoms with van der Waals surface area (Å²) in [4.78, 5) is 33.4. The second-order valence-electron chi connectivity index (χ2n) is 4.20. The summed E-state index contributed by atoms with van der Waals surface area (Å²) >= 11 is 0. The molecule has 1 heterocycles. The Bertz CT molecular complexity index is 764. The number of aromatic nitrogens is 2. The van der Waals surface area contributed by atoms with E-state index >= 15 is 0 Å². The fourth-order valence-electron chi connectivity index (χ4n) is 1.70. The Morgan fingerprint density at radius 1 is 1.33 bits per heavy atom. The summed E-state index contributed by atoms with van der Waals surface area (Å²) in [6.07, 6.45) is 1.44. The molecule has 2 aromatic rings. The van der Waals surface area contributed by atoms with Gasteiger partial charge in [-0.15, -0.1) is 0 Å². The van der Waals surface area contributed by atoms with Gasteiger partial charge in [0.25, 0.3) is 5.69 Å². The Kier molecular flexibility index (Phi) is 3.79. The van der Waals surface area contributed by atoms with Crippen LogP contribution in [0.15, 0.2) is 35.3 Å². The van der Waals surface area contributed by atoms with Crippen molar-refractivity contribution >= 4 is 11.7 Å². The number of nitro benzene ring substituents is 1. The largest absolute Gasteiger partial charge is 0.464 e. The molecule has 8 nitrogen and oxygen atoms in total. The van der Waals surface area contributed by atoms with Crippen LogP contribution >= 0.6 is 0 Å². The number of ether oxygens (including phenoxy) is 1.